The number of carbonyl (C=O) groups is 1. The van der Waals surface area contributed by atoms with E-state index in [9.17, 15) is 22.0 Å². The first kappa shape index (κ1) is 19.2. The van der Waals surface area contributed by atoms with Crippen molar-refractivity contribution in [3.63, 3.8) is 0 Å². The summed E-state index contributed by atoms with van der Waals surface area (Å²) in [5.41, 5.74) is 0.373. The molecular weight excluding hydrogens is 402 g/mol. The molecule has 0 saturated heterocycles. The van der Waals surface area contributed by atoms with E-state index >= 15 is 0 Å². The number of halogens is 3. The summed E-state index contributed by atoms with van der Waals surface area (Å²) in [6, 6.07) is 9.00. The van der Waals surface area contributed by atoms with E-state index in [1.165, 1.54) is 6.07 Å². The smallest absolute Gasteiger partial charge is 0.326 e. The third kappa shape index (κ3) is 4.07. The number of sulfonamides is 1. The Labute approximate surface area is 157 Å². The molecule has 2 aromatic carbocycles. The van der Waals surface area contributed by atoms with Crippen LogP contribution in [0.25, 0.3) is 10.9 Å². The van der Waals surface area contributed by atoms with Crippen molar-refractivity contribution in [3.8, 4) is 0 Å². The van der Waals surface area contributed by atoms with E-state index in [-0.39, 0.29) is 23.0 Å². The number of hydrogen-bond acceptors (Lipinski definition) is 4. The van der Waals surface area contributed by atoms with Crippen LogP contribution in [0.15, 0.2) is 47.5 Å². The highest BCUT2D eigenvalue weighted by Crippen LogP contribution is 2.29. The van der Waals surface area contributed by atoms with Crippen molar-refractivity contribution < 1.29 is 22.0 Å². The van der Waals surface area contributed by atoms with Crippen molar-refractivity contribution in [3.05, 3.63) is 53.2 Å². The Kier molecular flexibility index (Phi) is 5.13. The van der Waals surface area contributed by atoms with E-state index in [1.807, 2.05) is 0 Å². The number of hydrogen-bond donors (Lipinski definition) is 2. The molecule has 0 aliphatic rings. The Morgan fingerprint density at radius 3 is 2.63 bits per heavy atom. The molecule has 0 aliphatic heterocycles. The van der Waals surface area contributed by atoms with Gasteiger partial charge in [0.15, 0.2) is 0 Å². The van der Waals surface area contributed by atoms with Gasteiger partial charge in [-0.25, -0.2) is 18.2 Å². The summed E-state index contributed by atoms with van der Waals surface area (Å²) in [5, 5.41) is 11.5. The van der Waals surface area contributed by atoms with Crippen LogP contribution in [0.5, 0.6) is 0 Å². The Balaban J connectivity index is 2.00. The zero-order chi connectivity index (χ0) is 19.8. The first-order valence-electron chi connectivity index (χ1n) is 7.52. The maximum atomic E-state index is 13.1. The lowest BCUT2D eigenvalue weighted by Crippen LogP contribution is -2.17. The van der Waals surface area contributed by atoms with Crippen molar-refractivity contribution in [1.29, 1.82) is 0 Å². The van der Waals surface area contributed by atoms with Crippen molar-refractivity contribution in [2.24, 2.45) is 5.14 Å². The molecule has 142 valence electrons. The van der Waals surface area contributed by atoms with Crippen LogP contribution < -0.4 is 10.5 Å². The fourth-order valence-electron chi connectivity index (χ4n) is 2.60. The van der Waals surface area contributed by atoms with Crippen LogP contribution in [0.2, 0.25) is 5.02 Å². The van der Waals surface area contributed by atoms with Gasteiger partial charge < -0.3 is 5.32 Å². The van der Waals surface area contributed by atoms with Crippen LogP contribution in [0.1, 0.15) is 12.1 Å². The van der Waals surface area contributed by atoms with Gasteiger partial charge in [-0.05, 0) is 23.8 Å². The number of rotatable bonds is 5. The fraction of sp³-hybridized carbons (Fsp3) is 0.125. The number of nitrogens with one attached hydrogen (secondary N) is 1. The summed E-state index contributed by atoms with van der Waals surface area (Å²) < 4.78 is 50.2. The van der Waals surface area contributed by atoms with Crippen molar-refractivity contribution >= 4 is 44.1 Å². The number of nitrogens with zero attached hydrogens (tertiary/aromatic N) is 2. The molecule has 1 amide bonds. The van der Waals surface area contributed by atoms with Crippen LogP contribution in [0.3, 0.4) is 0 Å². The highest BCUT2D eigenvalue weighted by molar-refractivity contribution is 7.89. The molecule has 3 rings (SSSR count). The molecule has 0 unspecified atom stereocenters. The standard InChI is InChI=1S/C16H13ClF2N4O3S/c17-12-4-2-1-3-9(12)5-15(24)22-10-6-13-11(8-21-23(13)16(18)19)14(7-10)27(20,25)26/h1-4,6-8,16H,5H2,(H,22,24)(H2,20,25,26). The van der Waals surface area contributed by atoms with Crippen molar-refractivity contribution in [1.82, 2.24) is 9.78 Å². The van der Waals surface area contributed by atoms with Crippen LogP contribution in [0.4, 0.5) is 14.5 Å². The van der Waals surface area contributed by atoms with Crippen molar-refractivity contribution in [2.75, 3.05) is 5.32 Å². The average Bonchev–Trinajstić information content (AvgIpc) is 2.99. The Morgan fingerprint density at radius 1 is 1.30 bits per heavy atom. The first-order chi connectivity index (χ1) is 12.7. The summed E-state index contributed by atoms with van der Waals surface area (Å²) in [4.78, 5) is 11.9. The predicted molar refractivity (Wildman–Crippen MR) is 96.1 cm³/mol. The molecule has 0 aliphatic carbocycles. The quantitative estimate of drug-likeness (QED) is 0.669. The first-order valence-corrected chi connectivity index (χ1v) is 9.44. The second-order valence-electron chi connectivity index (χ2n) is 5.64. The second kappa shape index (κ2) is 7.22. The average molecular weight is 415 g/mol. The normalized spacial score (nSPS) is 11.9. The topological polar surface area (TPSA) is 107 Å². The van der Waals surface area contributed by atoms with E-state index in [0.29, 0.717) is 15.3 Å². The Bertz CT molecular complexity index is 1130. The number of fused-ring (bicyclic) bond motifs is 1. The SMILES string of the molecule is NS(=O)(=O)c1cc(NC(=O)Cc2ccccc2Cl)cc2c1cnn2C(F)F. The predicted octanol–water partition coefficient (Wildman–Crippen LogP) is 2.91. The van der Waals surface area contributed by atoms with Gasteiger partial charge in [0.25, 0.3) is 0 Å². The van der Waals surface area contributed by atoms with E-state index in [1.54, 1.807) is 24.3 Å². The molecule has 0 atom stereocenters. The third-order valence-corrected chi connectivity index (χ3v) is 5.08. The molecule has 11 heteroatoms. The van der Waals surface area contributed by atoms with Gasteiger partial charge in [0.2, 0.25) is 15.9 Å². The van der Waals surface area contributed by atoms with Gasteiger partial charge in [0, 0.05) is 16.1 Å². The number of alkyl halides is 2. The maximum Gasteiger partial charge on any atom is 0.333 e. The number of anilines is 1. The van der Waals surface area contributed by atoms with Crippen LogP contribution >= 0.6 is 11.6 Å². The summed E-state index contributed by atoms with van der Waals surface area (Å²) in [6.07, 6.45) is 0.896. The third-order valence-electron chi connectivity index (χ3n) is 3.76. The zero-order valence-corrected chi connectivity index (χ0v) is 15.1. The zero-order valence-electron chi connectivity index (χ0n) is 13.6. The molecule has 7 nitrogen and oxygen atoms in total. The minimum absolute atomic E-state index is 0.00835. The minimum Gasteiger partial charge on any atom is -0.326 e. The lowest BCUT2D eigenvalue weighted by molar-refractivity contribution is -0.115. The van der Waals surface area contributed by atoms with Gasteiger partial charge in [-0.3, -0.25) is 4.79 Å². The van der Waals surface area contributed by atoms with Gasteiger partial charge in [-0.15, -0.1) is 0 Å². The number of carbonyl (C=O) groups excluding carboxylic acids is 1. The number of aromatic nitrogens is 2. The lowest BCUT2D eigenvalue weighted by Gasteiger charge is -2.10. The highest BCUT2D eigenvalue weighted by Gasteiger charge is 2.21. The Morgan fingerprint density at radius 2 is 2.00 bits per heavy atom. The largest absolute Gasteiger partial charge is 0.333 e. The molecule has 0 radical (unpaired) electrons. The van der Waals surface area contributed by atoms with E-state index in [2.05, 4.69) is 10.4 Å². The summed E-state index contributed by atoms with van der Waals surface area (Å²) in [5.74, 6) is -0.508. The lowest BCUT2D eigenvalue weighted by atomic mass is 10.1. The van der Waals surface area contributed by atoms with E-state index in [4.69, 9.17) is 16.7 Å². The minimum atomic E-state index is -4.24. The van der Waals surface area contributed by atoms with E-state index in [0.717, 1.165) is 12.3 Å². The second-order valence-corrected chi connectivity index (χ2v) is 7.57. The molecular formula is C16H13ClF2N4O3S. The van der Waals surface area contributed by atoms with Gasteiger partial charge >= 0.3 is 6.55 Å². The van der Waals surface area contributed by atoms with Crippen LogP contribution in [-0.2, 0) is 21.2 Å². The molecule has 27 heavy (non-hydrogen) atoms. The summed E-state index contributed by atoms with van der Waals surface area (Å²) in [7, 11) is -4.24. The van der Waals surface area contributed by atoms with Gasteiger partial charge in [-0.1, -0.05) is 29.8 Å². The van der Waals surface area contributed by atoms with Crippen molar-refractivity contribution in [2.45, 2.75) is 17.9 Å². The van der Waals surface area contributed by atoms with E-state index < -0.39 is 27.4 Å². The van der Waals surface area contributed by atoms with Gasteiger partial charge in [-0.2, -0.15) is 13.9 Å². The highest BCUT2D eigenvalue weighted by atomic mass is 35.5. The molecule has 3 aromatic rings. The number of nitrogens with two attached hydrogens (primary N) is 1. The molecule has 1 heterocycles. The fourth-order valence-corrected chi connectivity index (χ4v) is 3.55. The maximum absolute atomic E-state index is 13.1. The Hall–Kier alpha value is -2.56. The number of primary sulfonamides is 1. The van der Waals surface area contributed by atoms with Crippen LogP contribution in [0, 0.1) is 0 Å². The molecule has 3 N–H and O–H groups in total. The molecule has 1 aromatic heterocycles. The number of benzene rings is 2. The molecule has 0 fully saturated rings. The number of amides is 1. The molecule has 0 bridgehead atoms. The summed E-state index contributed by atoms with van der Waals surface area (Å²) >= 11 is 6.00. The summed E-state index contributed by atoms with van der Waals surface area (Å²) in [6.45, 7) is -3.00. The molecule has 0 saturated carbocycles. The monoisotopic (exact) mass is 414 g/mol. The molecule has 0 spiro atoms. The van der Waals surface area contributed by atoms with Gasteiger partial charge in [0.05, 0.1) is 23.0 Å². The van der Waals surface area contributed by atoms with Gasteiger partial charge in [0.1, 0.15) is 0 Å². The van der Waals surface area contributed by atoms with Crippen LogP contribution in [-0.4, -0.2) is 24.1 Å².